The third-order valence-corrected chi connectivity index (χ3v) is 3.48. The van der Waals surface area contributed by atoms with Crippen LogP contribution in [0.1, 0.15) is 18.1 Å². The number of carbonyl (C=O) groups is 2. The van der Waals surface area contributed by atoms with E-state index in [1.807, 2.05) is 56.3 Å². The predicted octanol–water partition coefficient (Wildman–Crippen LogP) is 2.69. The number of carbonyl (C=O) groups excluding carboxylic acids is 2. The Morgan fingerprint density at radius 3 is 2.58 bits per heavy atom. The summed E-state index contributed by atoms with van der Waals surface area (Å²) in [5, 5.41) is 5.35. The molecule has 0 bridgehead atoms. The lowest BCUT2D eigenvalue weighted by Gasteiger charge is -2.11. The Balaban J connectivity index is 1.76. The molecule has 126 valence electrons. The summed E-state index contributed by atoms with van der Waals surface area (Å²) >= 11 is 0. The number of aryl methyl sites for hydroxylation is 2. The van der Waals surface area contributed by atoms with Gasteiger partial charge in [-0.2, -0.15) is 0 Å². The summed E-state index contributed by atoms with van der Waals surface area (Å²) in [5.41, 5.74) is 2.89. The highest BCUT2D eigenvalue weighted by Gasteiger charge is 2.08. The topological polar surface area (TPSA) is 67.4 Å². The van der Waals surface area contributed by atoms with Gasteiger partial charge in [0.05, 0.1) is 6.54 Å². The molecule has 24 heavy (non-hydrogen) atoms. The van der Waals surface area contributed by atoms with Crippen molar-refractivity contribution in [1.82, 2.24) is 5.32 Å². The van der Waals surface area contributed by atoms with Crippen molar-refractivity contribution in [3.05, 3.63) is 59.7 Å². The molecule has 0 fully saturated rings. The normalized spacial score (nSPS) is 10.1. The highest BCUT2D eigenvalue weighted by molar-refractivity contribution is 5.95. The molecule has 5 nitrogen and oxygen atoms in total. The summed E-state index contributed by atoms with van der Waals surface area (Å²) in [6.07, 6.45) is 0.827. The van der Waals surface area contributed by atoms with Gasteiger partial charge in [0.25, 0.3) is 5.91 Å². The van der Waals surface area contributed by atoms with Crippen molar-refractivity contribution < 1.29 is 14.3 Å². The third kappa shape index (κ3) is 5.43. The van der Waals surface area contributed by atoms with Gasteiger partial charge < -0.3 is 15.4 Å². The number of hydrogen-bond donors (Lipinski definition) is 2. The smallest absolute Gasteiger partial charge is 0.258 e. The summed E-state index contributed by atoms with van der Waals surface area (Å²) < 4.78 is 5.39. The van der Waals surface area contributed by atoms with Crippen LogP contribution in [-0.4, -0.2) is 25.0 Å². The van der Waals surface area contributed by atoms with E-state index in [4.69, 9.17) is 4.74 Å². The van der Waals surface area contributed by atoms with E-state index >= 15 is 0 Å². The van der Waals surface area contributed by atoms with Crippen molar-refractivity contribution in [3.63, 3.8) is 0 Å². The maximum atomic E-state index is 11.9. The van der Waals surface area contributed by atoms with Gasteiger partial charge >= 0.3 is 0 Å². The minimum Gasteiger partial charge on any atom is -0.484 e. The monoisotopic (exact) mass is 326 g/mol. The molecule has 0 aromatic heterocycles. The number of para-hydroxylation sites is 1. The molecule has 0 saturated heterocycles. The molecule has 0 saturated carbocycles. The summed E-state index contributed by atoms with van der Waals surface area (Å²) in [5.74, 6) is 0.0294. The van der Waals surface area contributed by atoms with Gasteiger partial charge in [-0.15, -0.1) is 0 Å². The van der Waals surface area contributed by atoms with Gasteiger partial charge in [-0.25, -0.2) is 0 Å². The summed E-state index contributed by atoms with van der Waals surface area (Å²) in [7, 11) is 0. The van der Waals surface area contributed by atoms with E-state index in [1.165, 1.54) is 0 Å². The van der Waals surface area contributed by atoms with E-state index < -0.39 is 0 Å². The number of ether oxygens (including phenoxy) is 1. The first-order valence-electron chi connectivity index (χ1n) is 7.92. The second kappa shape index (κ2) is 8.72. The molecule has 2 N–H and O–H groups in total. The molecular formula is C19H22N2O3. The van der Waals surface area contributed by atoms with Crippen LogP contribution in [0.3, 0.4) is 0 Å². The van der Waals surface area contributed by atoms with Gasteiger partial charge in [0, 0.05) is 5.69 Å². The molecule has 2 aromatic rings. The average Bonchev–Trinajstić information content (AvgIpc) is 2.58. The van der Waals surface area contributed by atoms with Crippen LogP contribution in [0, 0.1) is 6.92 Å². The molecule has 5 heteroatoms. The van der Waals surface area contributed by atoms with Crippen molar-refractivity contribution in [1.29, 1.82) is 0 Å². The van der Waals surface area contributed by atoms with Gasteiger partial charge in [0.2, 0.25) is 5.91 Å². The zero-order valence-corrected chi connectivity index (χ0v) is 14.0. The highest BCUT2D eigenvalue weighted by atomic mass is 16.5. The lowest BCUT2D eigenvalue weighted by molar-refractivity contribution is -0.125. The van der Waals surface area contributed by atoms with E-state index in [0.717, 1.165) is 23.2 Å². The Morgan fingerprint density at radius 1 is 1.04 bits per heavy atom. The lowest BCUT2D eigenvalue weighted by atomic mass is 10.1. The van der Waals surface area contributed by atoms with E-state index in [0.29, 0.717) is 5.75 Å². The maximum Gasteiger partial charge on any atom is 0.258 e. The fourth-order valence-electron chi connectivity index (χ4n) is 2.23. The van der Waals surface area contributed by atoms with Gasteiger partial charge in [0.15, 0.2) is 6.61 Å². The summed E-state index contributed by atoms with van der Waals surface area (Å²) in [4.78, 5) is 23.7. The molecular weight excluding hydrogens is 304 g/mol. The van der Waals surface area contributed by atoms with Crippen LogP contribution in [0.4, 0.5) is 5.69 Å². The van der Waals surface area contributed by atoms with E-state index in [1.54, 1.807) is 6.07 Å². The van der Waals surface area contributed by atoms with Crippen molar-refractivity contribution in [2.75, 3.05) is 18.5 Å². The molecule has 2 rings (SSSR count). The van der Waals surface area contributed by atoms with Crippen molar-refractivity contribution in [3.8, 4) is 5.75 Å². The third-order valence-electron chi connectivity index (χ3n) is 3.48. The molecule has 0 radical (unpaired) electrons. The number of anilines is 1. The molecule has 2 amide bonds. The van der Waals surface area contributed by atoms with Crippen molar-refractivity contribution >= 4 is 17.5 Å². The molecule has 0 aliphatic carbocycles. The van der Waals surface area contributed by atoms with Crippen LogP contribution in [-0.2, 0) is 16.0 Å². The van der Waals surface area contributed by atoms with Gasteiger partial charge in [-0.1, -0.05) is 37.3 Å². The lowest BCUT2D eigenvalue weighted by Crippen LogP contribution is -2.35. The Kier molecular flexibility index (Phi) is 6.37. The first-order valence-corrected chi connectivity index (χ1v) is 7.92. The van der Waals surface area contributed by atoms with Crippen molar-refractivity contribution in [2.24, 2.45) is 0 Å². The fraction of sp³-hybridized carbons (Fsp3) is 0.263. The largest absolute Gasteiger partial charge is 0.484 e. The summed E-state index contributed by atoms with van der Waals surface area (Å²) in [6, 6.07) is 15.0. The number of rotatable bonds is 7. The van der Waals surface area contributed by atoms with Gasteiger partial charge in [0.1, 0.15) is 5.75 Å². The fourth-order valence-corrected chi connectivity index (χ4v) is 2.23. The molecule has 0 spiro atoms. The average molecular weight is 326 g/mol. The van der Waals surface area contributed by atoms with E-state index in [9.17, 15) is 9.59 Å². The zero-order chi connectivity index (χ0) is 17.4. The Labute approximate surface area is 142 Å². The first-order chi connectivity index (χ1) is 11.6. The number of hydrogen-bond acceptors (Lipinski definition) is 3. The van der Waals surface area contributed by atoms with Crippen LogP contribution in [0.15, 0.2) is 48.5 Å². The molecule has 0 aliphatic heterocycles. The Bertz CT molecular complexity index is 713. The highest BCUT2D eigenvalue weighted by Crippen LogP contribution is 2.15. The number of benzene rings is 2. The summed E-state index contributed by atoms with van der Waals surface area (Å²) in [6.45, 7) is 3.76. The van der Waals surface area contributed by atoms with Crippen LogP contribution >= 0.6 is 0 Å². The molecule has 0 unspecified atom stereocenters. The van der Waals surface area contributed by atoms with Crippen LogP contribution in [0.5, 0.6) is 5.75 Å². The standard InChI is InChI=1S/C19H22N2O3/c1-3-15-8-4-5-10-17(15)21-18(22)12-20-19(23)13-24-16-9-6-7-14(2)11-16/h4-11H,3,12-13H2,1-2H3,(H,20,23)(H,21,22). The predicted molar refractivity (Wildman–Crippen MR) is 94.1 cm³/mol. The minimum atomic E-state index is -0.338. The Morgan fingerprint density at radius 2 is 1.83 bits per heavy atom. The maximum absolute atomic E-state index is 11.9. The van der Waals surface area contributed by atoms with Crippen LogP contribution in [0.25, 0.3) is 0 Å². The van der Waals surface area contributed by atoms with Gasteiger partial charge in [-0.3, -0.25) is 9.59 Å². The van der Waals surface area contributed by atoms with E-state index in [-0.39, 0.29) is 25.0 Å². The number of nitrogens with one attached hydrogen (secondary N) is 2. The van der Waals surface area contributed by atoms with E-state index in [2.05, 4.69) is 10.6 Å². The molecule has 2 aromatic carbocycles. The minimum absolute atomic E-state index is 0.0892. The SMILES string of the molecule is CCc1ccccc1NC(=O)CNC(=O)COc1cccc(C)c1. The van der Waals surface area contributed by atoms with Gasteiger partial charge in [-0.05, 0) is 42.7 Å². The van der Waals surface area contributed by atoms with Crippen LogP contribution in [0.2, 0.25) is 0 Å². The first kappa shape index (κ1) is 17.5. The zero-order valence-electron chi connectivity index (χ0n) is 14.0. The molecule has 0 heterocycles. The molecule has 0 aliphatic rings. The van der Waals surface area contributed by atoms with Crippen molar-refractivity contribution in [2.45, 2.75) is 20.3 Å². The Hall–Kier alpha value is -2.82. The second-order valence-corrected chi connectivity index (χ2v) is 5.44. The van der Waals surface area contributed by atoms with Crippen LogP contribution < -0.4 is 15.4 Å². The second-order valence-electron chi connectivity index (χ2n) is 5.44. The number of amides is 2. The molecule has 0 atom stereocenters. The quantitative estimate of drug-likeness (QED) is 0.822.